The maximum Gasteiger partial charge on any atom is 0.263 e. The number of aromatic nitrogens is 2. The van der Waals surface area contributed by atoms with E-state index in [0.29, 0.717) is 23.0 Å². The summed E-state index contributed by atoms with van der Waals surface area (Å²) in [4.78, 5) is 24.4. The first-order valence-corrected chi connectivity index (χ1v) is 8.60. The van der Waals surface area contributed by atoms with Crippen molar-refractivity contribution >= 4 is 23.5 Å². The fraction of sp³-hybridized carbons (Fsp3) is 0.211. The van der Waals surface area contributed by atoms with Crippen LogP contribution in [0.25, 0.3) is 0 Å². The predicted molar refractivity (Wildman–Crippen MR) is 97.5 cm³/mol. The standard InChI is InChI=1S/C19H17FN4O4/c1-24-19-17(11(9-15(25)22-19)13-7-4-8-27-13)18(23-24)21-16(26)10-28-14-6-3-2-5-12(14)20/h2-8,11H,9-10H2,1H3,(H,22,25)(H,21,23,26). The van der Waals surface area contributed by atoms with Gasteiger partial charge < -0.3 is 19.8 Å². The number of halogens is 1. The lowest BCUT2D eigenvalue weighted by Crippen LogP contribution is -2.26. The third kappa shape index (κ3) is 3.34. The Hall–Kier alpha value is -3.62. The Morgan fingerprint density at radius 2 is 2.21 bits per heavy atom. The van der Waals surface area contributed by atoms with Gasteiger partial charge in [0, 0.05) is 13.5 Å². The van der Waals surface area contributed by atoms with Crippen LogP contribution in [-0.4, -0.2) is 28.2 Å². The van der Waals surface area contributed by atoms with Gasteiger partial charge in [-0.3, -0.25) is 14.3 Å². The SMILES string of the molecule is Cn1nc(NC(=O)COc2ccccc2F)c2c1NC(=O)CC2c1ccco1. The first kappa shape index (κ1) is 17.8. The molecule has 0 fully saturated rings. The molecule has 144 valence electrons. The molecule has 0 saturated carbocycles. The Kier molecular flexibility index (Phi) is 4.56. The minimum atomic E-state index is -0.550. The van der Waals surface area contributed by atoms with Crippen molar-refractivity contribution in [3.8, 4) is 5.75 Å². The second-order valence-electron chi connectivity index (χ2n) is 6.32. The van der Waals surface area contributed by atoms with Gasteiger partial charge in [0.25, 0.3) is 5.91 Å². The van der Waals surface area contributed by atoms with Gasteiger partial charge in [0.05, 0.1) is 17.7 Å². The van der Waals surface area contributed by atoms with Crippen LogP contribution in [0.4, 0.5) is 16.0 Å². The molecule has 3 heterocycles. The van der Waals surface area contributed by atoms with Gasteiger partial charge in [-0.1, -0.05) is 12.1 Å². The molecule has 1 unspecified atom stereocenters. The average Bonchev–Trinajstić information content (AvgIpc) is 3.30. The number of hydrogen-bond acceptors (Lipinski definition) is 5. The van der Waals surface area contributed by atoms with Gasteiger partial charge in [0.2, 0.25) is 5.91 Å². The van der Waals surface area contributed by atoms with E-state index in [-0.39, 0.29) is 30.6 Å². The van der Waals surface area contributed by atoms with Gasteiger partial charge in [-0.2, -0.15) is 5.10 Å². The van der Waals surface area contributed by atoms with Gasteiger partial charge in [-0.15, -0.1) is 0 Å². The summed E-state index contributed by atoms with van der Waals surface area (Å²) < 4.78 is 25.8. The fourth-order valence-electron chi connectivity index (χ4n) is 3.19. The number of amides is 2. The first-order chi connectivity index (χ1) is 13.5. The van der Waals surface area contributed by atoms with Crippen LogP contribution >= 0.6 is 0 Å². The molecule has 1 atom stereocenters. The monoisotopic (exact) mass is 384 g/mol. The highest BCUT2D eigenvalue weighted by molar-refractivity contribution is 5.98. The zero-order chi connectivity index (χ0) is 19.7. The Balaban J connectivity index is 1.56. The summed E-state index contributed by atoms with van der Waals surface area (Å²) in [6, 6.07) is 9.34. The van der Waals surface area contributed by atoms with E-state index < -0.39 is 11.7 Å². The number of anilines is 2. The number of carbonyl (C=O) groups excluding carboxylic acids is 2. The van der Waals surface area contributed by atoms with E-state index in [1.165, 1.54) is 29.1 Å². The Morgan fingerprint density at radius 1 is 1.39 bits per heavy atom. The molecular weight excluding hydrogens is 367 g/mol. The van der Waals surface area contributed by atoms with Crippen molar-refractivity contribution in [2.24, 2.45) is 7.05 Å². The molecular formula is C19H17FN4O4. The predicted octanol–water partition coefficient (Wildman–Crippen LogP) is 2.64. The van der Waals surface area contributed by atoms with Crippen LogP contribution in [0.3, 0.4) is 0 Å². The van der Waals surface area contributed by atoms with Crippen LogP contribution in [0.1, 0.15) is 23.7 Å². The zero-order valence-electron chi connectivity index (χ0n) is 14.9. The molecule has 2 N–H and O–H groups in total. The maximum absolute atomic E-state index is 13.6. The number of nitrogens with zero attached hydrogens (tertiary/aromatic N) is 2. The second-order valence-corrected chi connectivity index (χ2v) is 6.32. The number of hydrogen-bond donors (Lipinski definition) is 2. The van der Waals surface area contributed by atoms with E-state index in [1.54, 1.807) is 25.2 Å². The molecule has 2 amide bonds. The van der Waals surface area contributed by atoms with E-state index in [1.807, 2.05) is 0 Å². The van der Waals surface area contributed by atoms with E-state index in [2.05, 4.69) is 15.7 Å². The van der Waals surface area contributed by atoms with Crippen molar-refractivity contribution < 1.29 is 23.1 Å². The number of rotatable bonds is 5. The smallest absolute Gasteiger partial charge is 0.263 e. The highest BCUT2D eigenvalue weighted by Crippen LogP contribution is 2.41. The largest absolute Gasteiger partial charge is 0.481 e. The molecule has 2 aromatic heterocycles. The number of para-hydroxylation sites is 1. The quantitative estimate of drug-likeness (QED) is 0.705. The average molecular weight is 384 g/mol. The number of fused-ring (bicyclic) bond motifs is 1. The molecule has 0 spiro atoms. The zero-order valence-corrected chi connectivity index (χ0v) is 14.9. The molecule has 0 bridgehead atoms. The Labute approximate surface area is 159 Å². The number of aryl methyl sites for hydroxylation is 1. The summed E-state index contributed by atoms with van der Waals surface area (Å²) in [7, 11) is 1.66. The normalized spacial score (nSPS) is 15.6. The third-order valence-electron chi connectivity index (χ3n) is 4.42. The van der Waals surface area contributed by atoms with Crippen molar-refractivity contribution in [3.63, 3.8) is 0 Å². The topological polar surface area (TPSA) is 98.4 Å². The van der Waals surface area contributed by atoms with E-state index in [0.717, 1.165) is 0 Å². The van der Waals surface area contributed by atoms with Crippen molar-refractivity contribution in [3.05, 3.63) is 59.8 Å². The molecule has 1 aromatic carbocycles. The maximum atomic E-state index is 13.6. The number of furan rings is 1. The lowest BCUT2D eigenvalue weighted by atomic mass is 9.91. The number of carbonyl (C=O) groups is 2. The minimum absolute atomic E-state index is 0.0126. The summed E-state index contributed by atoms with van der Waals surface area (Å²) >= 11 is 0. The van der Waals surface area contributed by atoms with Crippen molar-refractivity contribution in [1.29, 1.82) is 0 Å². The summed E-state index contributed by atoms with van der Waals surface area (Å²) in [5.74, 6) is -0.231. The molecule has 0 radical (unpaired) electrons. The van der Waals surface area contributed by atoms with E-state index in [9.17, 15) is 14.0 Å². The van der Waals surface area contributed by atoms with E-state index >= 15 is 0 Å². The molecule has 28 heavy (non-hydrogen) atoms. The van der Waals surface area contributed by atoms with Crippen LogP contribution in [0.5, 0.6) is 5.75 Å². The molecule has 0 saturated heterocycles. The fourth-order valence-corrected chi connectivity index (χ4v) is 3.19. The highest BCUT2D eigenvalue weighted by atomic mass is 19.1. The molecule has 1 aliphatic rings. The number of nitrogens with one attached hydrogen (secondary N) is 2. The summed E-state index contributed by atoms with van der Waals surface area (Å²) in [6.45, 7) is -0.385. The van der Waals surface area contributed by atoms with Gasteiger partial charge >= 0.3 is 0 Å². The van der Waals surface area contributed by atoms with Crippen molar-refractivity contribution in [2.75, 3.05) is 17.2 Å². The van der Waals surface area contributed by atoms with Crippen LogP contribution in [0.15, 0.2) is 47.1 Å². The molecule has 0 aliphatic carbocycles. The lowest BCUT2D eigenvalue weighted by molar-refractivity contribution is -0.118. The molecule has 8 nitrogen and oxygen atoms in total. The summed E-state index contributed by atoms with van der Waals surface area (Å²) in [5.41, 5.74) is 0.649. The van der Waals surface area contributed by atoms with Crippen LogP contribution in [-0.2, 0) is 16.6 Å². The van der Waals surface area contributed by atoms with Crippen LogP contribution in [0.2, 0.25) is 0 Å². The minimum Gasteiger partial charge on any atom is -0.481 e. The number of benzene rings is 1. The van der Waals surface area contributed by atoms with Crippen molar-refractivity contribution in [1.82, 2.24) is 9.78 Å². The Bertz CT molecular complexity index is 1030. The second kappa shape index (κ2) is 7.18. The molecule has 1 aliphatic heterocycles. The third-order valence-corrected chi connectivity index (χ3v) is 4.42. The first-order valence-electron chi connectivity index (χ1n) is 8.60. The van der Waals surface area contributed by atoms with E-state index in [4.69, 9.17) is 9.15 Å². The summed E-state index contributed by atoms with van der Waals surface area (Å²) in [5, 5.41) is 9.74. The lowest BCUT2D eigenvalue weighted by Gasteiger charge is -2.22. The van der Waals surface area contributed by atoms with Gasteiger partial charge in [0.1, 0.15) is 11.6 Å². The molecule has 9 heteroatoms. The van der Waals surface area contributed by atoms with Crippen molar-refractivity contribution in [2.45, 2.75) is 12.3 Å². The van der Waals surface area contributed by atoms with Crippen LogP contribution < -0.4 is 15.4 Å². The molecule has 4 rings (SSSR count). The van der Waals surface area contributed by atoms with Gasteiger partial charge in [-0.05, 0) is 24.3 Å². The number of ether oxygens (including phenoxy) is 1. The summed E-state index contributed by atoms with van der Waals surface area (Å²) in [6.07, 6.45) is 1.69. The van der Waals surface area contributed by atoms with Gasteiger partial charge in [0.15, 0.2) is 24.0 Å². The Morgan fingerprint density at radius 3 is 2.96 bits per heavy atom. The van der Waals surface area contributed by atoms with Gasteiger partial charge in [-0.25, -0.2) is 4.39 Å². The molecule has 3 aromatic rings. The highest BCUT2D eigenvalue weighted by Gasteiger charge is 2.35. The van der Waals surface area contributed by atoms with Crippen LogP contribution in [0, 0.1) is 5.82 Å².